The van der Waals surface area contributed by atoms with Crippen LogP contribution in [0.4, 0.5) is 0 Å². The molecule has 3 heteroatoms. The minimum Gasteiger partial charge on any atom is -0.462 e. The second-order valence-electron chi connectivity index (χ2n) is 5.24. The Morgan fingerprint density at radius 3 is 2.75 bits per heavy atom. The highest BCUT2D eigenvalue weighted by atomic mass is 16.5. The number of aliphatic hydroxyl groups is 1. The van der Waals surface area contributed by atoms with E-state index in [4.69, 9.17) is 4.74 Å². The molecule has 1 heterocycles. The Kier molecular flexibility index (Phi) is 5.81. The smallest absolute Gasteiger partial charge is 0.308 e. The van der Waals surface area contributed by atoms with Gasteiger partial charge in [-0.05, 0) is 18.8 Å². The zero-order valence-electron chi connectivity index (χ0n) is 10.4. The monoisotopic (exact) mass is 228 g/mol. The SMILES string of the molecule is CC(C)CCCCCC1CC(O)CC(=O)O1. The van der Waals surface area contributed by atoms with Gasteiger partial charge in [-0.25, -0.2) is 0 Å². The van der Waals surface area contributed by atoms with E-state index < -0.39 is 6.10 Å². The van der Waals surface area contributed by atoms with E-state index in [9.17, 15) is 9.90 Å². The van der Waals surface area contributed by atoms with Crippen molar-refractivity contribution >= 4 is 5.97 Å². The third-order valence-corrected chi connectivity index (χ3v) is 3.04. The van der Waals surface area contributed by atoms with Crippen LogP contribution in [0.25, 0.3) is 0 Å². The fourth-order valence-corrected chi connectivity index (χ4v) is 2.14. The Bertz CT molecular complexity index is 213. The third-order valence-electron chi connectivity index (χ3n) is 3.04. The van der Waals surface area contributed by atoms with Crippen LogP contribution in [0.1, 0.15) is 58.8 Å². The van der Waals surface area contributed by atoms with Gasteiger partial charge in [0, 0.05) is 6.42 Å². The van der Waals surface area contributed by atoms with Gasteiger partial charge in [0.15, 0.2) is 0 Å². The zero-order valence-corrected chi connectivity index (χ0v) is 10.4. The first kappa shape index (κ1) is 13.5. The molecule has 1 rings (SSSR count). The second kappa shape index (κ2) is 6.89. The van der Waals surface area contributed by atoms with Crippen molar-refractivity contribution in [3.63, 3.8) is 0 Å². The number of carbonyl (C=O) groups is 1. The van der Waals surface area contributed by atoms with Crippen molar-refractivity contribution in [3.05, 3.63) is 0 Å². The van der Waals surface area contributed by atoms with Gasteiger partial charge in [0.25, 0.3) is 0 Å². The molecule has 0 aliphatic carbocycles. The molecule has 2 atom stereocenters. The Labute approximate surface area is 98.2 Å². The van der Waals surface area contributed by atoms with Crippen LogP contribution in [0.5, 0.6) is 0 Å². The van der Waals surface area contributed by atoms with Crippen molar-refractivity contribution in [2.45, 2.75) is 71.0 Å². The first-order chi connectivity index (χ1) is 7.58. The van der Waals surface area contributed by atoms with E-state index in [0.717, 1.165) is 18.8 Å². The van der Waals surface area contributed by atoms with Gasteiger partial charge in [-0.1, -0.05) is 33.1 Å². The summed E-state index contributed by atoms with van der Waals surface area (Å²) in [6.07, 6.45) is 5.98. The number of hydrogen-bond acceptors (Lipinski definition) is 3. The molecule has 0 aromatic carbocycles. The molecule has 3 nitrogen and oxygen atoms in total. The molecule has 0 saturated carbocycles. The van der Waals surface area contributed by atoms with Crippen LogP contribution in [0.2, 0.25) is 0 Å². The maximum Gasteiger partial charge on any atom is 0.308 e. The molecule has 0 bridgehead atoms. The molecule has 1 aliphatic heterocycles. The maximum atomic E-state index is 11.1. The summed E-state index contributed by atoms with van der Waals surface area (Å²) in [5, 5.41) is 9.42. The van der Waals surface area contributed by atoms with Gasteiger partial charge in [-0.2, -0.15) is 0 Å². The van der Waals surface area contributed by atoms with E-state index in [-0.39, 0.29) is 18.5 Å². The molecule has 1 saturated heterocycles. The highest BCUT2D eigenvalue weighted by molar-refractivity contribution is 5.70. The third kappa shape index (κ3) is 5.50. The Hall–Kier alpha value is -0.570. The van der Waals surface area contributed by atoms with E-state index in [1.165, 1.54) is 19.3 Å². The predicted octanol–water partition coefficient (Wildman–Crippen LogP) is 2.66. The highest BCUT2D eigenvalue weighted by Gasteiger charge is 2.26. The van der Waals surface area contributed by atoms with Crippen molar-refractivity contribution in [3.8, 4) is 0 Å². The lowest BCUT2D eigenvalue weighted by molar-refractivity contribution is -0.160. The first-order valence-corrected chi connectivity index (χ1v) is 6.45. The topological polar surface area (TPSA) is 46.5 Å². The average Bonchev–Trinajstić information content (AvgIpc) is 2.15. The minimum absolute atomic E-state index is 0.0460. The van der Waals surface area contributed by atoms with Gasteiger partial charge < -0.3 is 9.84 Å². The Balaban J connectivity index is 2.06. The van der Waals surface area contributed by atoms with Gasteiger partial charge in [0.1, 0.15) is 6.10 Å². The average molecular weight is 228 g/mol. The van der Waals surface area contributed by atoms with E-state index >= 15 is 0 Å². The maximum absolute atomic E-state index is 11.1. The lowest BCUT2D eigenvalue weighted by atomic mass is 9.99. The van der Waals surface area contributed by atoms with Crippen LogP contribution < -0.4 is 0 Å². The van der Waals surface area contributed by atoms with Crippen LogP contribution in [-0.2, 0) is 9.53 Å². The van der Waals surface area contributed by atoms with E-state index in [2.05, 4.69) is 13.8 Å². The molecule has 0 aromatic rings. The summed E-state index contributed by atoms with van der Waals surface area (Å²) >= 11 is 0. The first-order valence-electron chi connectivity index (χ1n) is 6.45. The summed E-state index contributed by atoms with van der Waals surface area (Å²) < 4.78 is 5.19. The lowest BCUT2D eigenvalue weighted by Crippen LogP contribution is -2.32. The van der Waals surface area contributed by atoms with E-state index in [0.29, 0.717) is 6.42 Å². The van der Waals surface area contributed by atoms with Crippen molar-refractivity contribution in [1.29, 1.82) is 0 Å². The molecule has 0 amide bonds. The van der Waals surface area contributed by atoms with Gasteiger partial charge in [-0.15, -0.1) is 0 Å². The molecule has 1 N–H and O–H groups in total. The molecule has 2 unspecified atom stereocenters. The van der Waals surface area contributed by atoms with Gasteiger partial charge >= 0.3 is 5.97 Å². The van der Waals surface area contributed by atoms with Crippen LogP contribution in [0.3, 0.4) is 0 Å². The summed E-state index contributed by atoms with van der Waals surface area (Å²) in [5.74, 6) is 0.528. The normalized spacial score (nSPS) is 25.9. The number of rotatable bonds is 6. The van der Waals surface area contributed by atoms with Crippen LogP contribution in [0, 0.1) is 5.92 Å². The van der Waals surface area contributed by atoms with E-state index in [1.807, 2.05) is 0 Å². The summed E-state index contributed by atoms with van der Waals surface area (Å²) in [6, 6.07) is 0. The number of esters is 1. The molecule has 16 heavy (non-hydrogen) atoms. The van der Waals surface area contributed by atoms with Crippen LogP contribution in [-0.4, -0.2) is 23.3 Å². The fraction of sp³-hybridized carbons (Fsp3) is 0.923. The second-order valence-corrected chi connectivity index (χ2v) is 5.24. The van der Waals surface area contributed by atoms with E-state index in [1.54, 1.807) is 0 Å². The number of ether oxygens (including phenoxy) is 1. The van der Waals surface area contributed by atoms with Gasteiger partial charge in [0.2, 0.25) is 0 Å². The largest absolute Gasteiger partial charge is 0.462 e. The zero-order chi connectivity index (χ0) is 12.0. The fourth-order valence-electron chi connectivity index (χ4n) is 2.14. The molecule has 1 aliphatic rings. The van der Waals surface area contributed by atoms with Crippen molar-refractivity contribution < 1.29 is 14.6 Å². The summed E-state index contributed by atoms with van der Waals surface area (Å²) in [4.78, 5) is 11.1. The summed E-state index contributed by atoms with van der Waals surface area (Å²) in [5.41, 5.74) is 0. The van der Waals surface area contributed by atoms with Gasteiger partial charge in [0.05, 0.1) is 12.5 Å². The van der Waals surface area contributed by atoms with Crippen molar-refractivity contribution in [2.75, 3.05) is 0 Å². The highest BCUT2D eigenvalue weighted by Crippen LogP contribution is 2.20. The minimum atomic E-state index is -0.484. The standard InChI is InChI=1S/C13H24O3/c1-10(2)6-4-3-5-7-12-8-11(14)9-13(15)16-12/h10-12,14H,3-9H2,1-2H3. The van der Waals surface area contributed by atoms with Gasteiger partial charge in [-0.3, -0.25) is 4.79 Å². The molecule has 0 aromatic heterocycles. The summed E-state index contributed by atoms with van der Waals surface area (Å²) in [7, 11) is 0. The molecule has 94 valence electrons. The molecular weight excluding hydrogens is 204 g/mol. The molecule has 0 radical (unpaired) electrons. The molecule has 0 spiro atoms. The van der Waals surface area contributed by atoms with Crippen LogP contribution >= 0.6 is 0 Å². The van der Waals surface area contributed by atoms with Crippen molar-refractivity contribution in [2.24, 2.45) is 5.92 Å². The summed E-state index contributed by atoms with van der Waals surface area (Å²) in [6.45, 7) is 4.47. The number of cyclic esters (lactones) is 1. The number of unbranched alkanes of at least 4 members (excludes halogenated alkanes) is 2. The van der Waals surface area contributed by atoms with Crippen LogP contribution in [0.15, 0.2) is 0 Å². The molecular formula is C13H24O3. The lowest BCUT2D eigenvalue weighted by Gasteiger charge is -2.25. The Morgan fingerprint density at radius 1 is 1.38 bits per heavy atom. The Morgan fingerprint density at radius 2 is 2.12 bits per heavy atom. The number of hydrogen-bond donors (Lipinski definition) is 1. The molecule has 1 fully saturated rings. The number of aliphatic hydroxyl groups excluding tert-OH is 1. The predicted molar refractivity (Wildman–Crippen MR) is 63.0 cm³/mol. The van der Waals surface area contributed by atoms with Crippen molar-refractivity contribution in [1.82, 2.24) is 0 Å². The quantitative estimate of drug-likeness (QED) is 0.561. The number of carbonyl (C=O) groups excluding carboxylic acids is 1.